The van der Waals surface area contributed by atoms with E-state index >= 15 is 0 Å². The Morgan fingerprint density at radius 2 is 2.03 bits per heavy atom. The van der Waals surface area contributed by atoms with Gasteiger partial charge in [0.25, 0.3) is 5.91 Å². The first-order valence-corrected chi connectivity index (χ1v) is 12.4. The third-order valence-electron chi connectivity index (χ3n) is 6.57. The lowest BCUT2D eigenvalue weighted by Crippen LogP contribution is -2.56. The van der Waals surface area contributed by atoms with Crippen LogP contribution >= 0.6 is 0 Å². The number of nitrogens with zero attached hydrogens (tertiary/aromatic N) is 4. The van der Waals surface area contributed by atoms with E-state index in [0.717, 1.165) is 35.3 Å². The zero-order valence-electron chi connectivity index (χ0n) is 21.2. The number of carbonyl (C=O) groups excluding carboxylic acids is 3. The van der Waals surface area contributed by atoms with Gasteiger partial charge in [0, 0.05) is 50.3 Å². The van der Waals surface area contributed by atoms with Crippen LogP contribution in [0.15, 0.2) is 12.1 Å². The summed E-state index contributed by atoms with van der Waals surface area (Å²) in [5.41, 5.74) is 2.38. The van der Waals surface area contributed by atoms with Gasteiger partial charge in [-0.05, 0) is 45.2 Å². The molecular weight excluding hydrogens is 466 g/mol. The number of fused-ring (bicyclic) bond motifs is 1. The van der Waals surface area contributed by atoms with Gasteiger partial charge in [0.2, 0.25) is 5.91 Å². The predicted molar refractivity (Wildman–Crippen MR) is 131 cm³/mol. The van der Waals surface area contributed by atoms with Crippen molar-refractivity contribution in [1.29, 1.82) is 0 Å². The van der Waals surface area contributed by atoms with Gasteiger partial charge in [-0.3, -0.25) is 9.59 Å². The molecule has 4 rings (SSSR count). The van der Waals surface area contributed by atoms with Crippen LogP contribution < -0.4 is 16.0 Å². The van der Waals surface area contributed by atoms with Crippen molar-refractivity contribution in [2.75, 3.05) is 33.8 Å². The number of pyridine rings is 1. The molecule has 1 saturated heterocycles. The maximum absolute atomic E-state index is 13.7. The van der Waals surface area contributed by atoms with Crippen LogP contribution in [0.25, 0.3) is 11.0 Å². The second-order valence-corrected chi connectivity index (χ2v) is 9.24. The Morgan fingerprint density at radius 3 is 2.72 bits per heavy atom. The summed E-state index contributed by atoms with van der Waals surface area (Å²) in [6.07, 6.45) is 0.555. The lowest BCUT2D eigenvalue weighted by atomic mass is 10.1. The lowest BCUT2D eigenvalue weighted by molar-refractivity contribution is -0.158. The van der Waals surface area contributed by atoms with Gasteiger partial charge in [0.05, 0.1) is 18.8 Å². The van der Waals surface area contributed by atoms with Crippen molar-refractivity contribution in [3.05, 3.63) is 23.5 Å². The monoisotopic (exact) mass is 501 g/mol. The van der Waals surface area contributed by atoms with Crippen LogP contribution in [-0.2, 0) is 25.6 Å². The Bertz CT molecular complexity index is 1120. The standard InChI is InChI=1S/C24H35N7O5/c1-14-6-9-17-20(29-30(21(17)28-14)11-5-10-27-24(34)35-4)15(2)31(16-7-8-16)23(33)19-13-26-12-18(36-19)22(32)25-3/h6,9,15-16,18-19,26H,5,7-8,10-13H2,1-4H3,(H,25,32)(H,27,34)/t15-,18+,19-/m1/s1. The molecule has 12 heteroatoms. The number of rotatable bonds is 9. The highest BCUT2D eigenvalue weighted by atomic mass is 16.5. The highest BCUT2D eigenvalue weighted by molar-refractivity contribution is 5.86. The third kappa shape index (κ3) is 5.59. The molecule has 1 saturated carbocycles. The Kier molecular flexibility index (Phi) is 8.04. The van der Waals surface area contributed by atoms with Gasteiger partial charge in [0.15, 0.2) is 5.65 Å². The summed E-state index contributed by atoms with van der Waals surface area (Å²) in [6.45, 7) is 5.61. The van der Waals surface area contributed by atoms with Crippen LogP contribution in [0.1, 0.15) is 43.6 Å². The molecule has 2 aromatic heterocycles. The molecule has 12 nitrogen and oxygen atoms in total. The molecule has 1 aliphatic carbocycles. The maximum atomic E-state index is 13.7. The number of methoxy groups -OCH3 is 1. The third-order valence-corrected chi connectivity index (χ3v) is 6.57. The summed E-state index contributed by atoms with van der Waals surface area (Å²) >= 11 is 0. The van der Waals surface area contributed by atoms with Crippen LogP contribution in [-0.4, -0.2) is 89.6 Å². The van der Waals surface area contributed by atoms with Crippen molar-refractivity contribution in [2.45, 2.75) is 63.9 Å². The van der Waals surface area contributed by atoms with Gasteiger partial charge in [-0.25, -0.2) is 14.5 Å². The number of aryl methyl sites for hydroxylation is 2. The number of aromatic nitrogens is 3. The van der Waals surface area contributed by atoms with Crippen LogP contribution in [0.4, 0.5) is 4.79 Å². The molecule has 3 heterocycles. The summed E-state index contributed by atoms with van der Waals surface area (Å²) in [5, 5.41) is 14.2. The first kappa shape index (κ1) is 25.8. The summed E-state index contributed by atoms with van der Waals surface area (Å²) in [4.78, 5) is 43.7. The number of alkyl carbamates (subject to hydrolysis) is 1. The second-order valence-electron chi connectivity index (χ2n) is 9.24. The molecule has 0 spiro atoms. The van der Waals surface area contributed by atoms with Crippen LogP contribution in [0, 0.1) is 6.92 Å². The minimum absolute atomic E-state index is 0.111. The van der Waals surface area contributed by atoms with Gasteiger partial charge in [0.1, 0.15) is 12.2 Å². The van der Waals surface area contributed by atoms with Crippen molar-refractivity contribution in [2.24, 2.45) is 0 Å². The molecule has 196 valence electrons. The van der Waals surface area contributed by atoms with Gasteiger partial charge in [-0.2, -0.15) is 5.10 Å². The predicted octanol–water partition coefficient (Wildman–Crippen LogP) is 0.641. The molecule has 0 radical (unpaired) electrons. The van der Waals surface area contributed by atoms with Crippen molar-refractivity contribution < 1.29 is 23.9 Å². The van der Waals surface area contributed by atoms with Crippen molar-refractivity contribution in [3.63, 3.8) is 0 Å². The van der Waals surface area contributed by atoms with Crippen molar-refractivity contribution in [3.8, 4) is 0 Å². The second kappa shape index (κ2) is 11.2. The van der Waals surface area contributed by atoms with E-state index in [0.29, 0.717) is 32.6 Å². The molecule has 0 unspecified atom stereocenters. The summed E-state index contributed by atoms with van der Waals surface area (Å²) < 4.78 is 12.4. The number of nitrogens with one attached hydrogen (secondary N) is 3. The van der Waals surface area contributed by atoms with Gasteiger partial charge in [-0.1, -0.05) is 0 Å². The van der Waals surface area contributed by atoms with Crippen molar-refractivity contribution in [1.82, 2.24) is 35.6 Å². The number of amides is 3. The molecule has 0 aromatic carbocycles. The largest absolute Gasteiger partial charge is 0.453 e. The fraction of sp³-hybridized carbons (Fsp3) is 0.625. The van der Waals surface area contributed by atoms with E-state index < -0.39 is 18.3 Å². The van der Waals surface area contributed by atoms with Gasteiger partial charge in [-0.15, -0.1) is 0 Å². The smallest absolute Gasteiger partial charge is 0.406 e. The minimum Gasteiger partial charge on any atom is -0.453 e. The fourth-order valence-electron chi connectivity index (χ4n) is 4.57. The molecule has 2 aromatic rings. The summed E-state index contributed by atoms with van der Waals surface area (Å²) in [5.74, 6) is -0.393. The van der Waals surface area contributed by atoms with E-state index in [-0.39, 0.29) is 23.9 Å². The normalized spacial score (nSPS) is 20.6. The highest BCUT2D eigenvalue weighted by Crippen LogP contribution is 2.37. The molecule has 3 N–H and O–H groups in total. The van der Waals surface area contributed by atoms with Crippen LogP contribution in [0.3, 0.4) is 0 Å². The van der Waals surface area contributed by atoms with Crippen LogP contribution in [0.5, 0.6) is 0 Å². The molecule has 3 amide bonds. The first-order valence-electron chi connectivity index (χ1n) is 12.4. The molecule has 2 fully saturated rings. The average Bonchev–Trinajstić information content (AvgIpc) is 3.66. The van der Waals surface area contributed by atoms with Gasteiger partial charge >= 0.3 is 6.09 Å². The SMILES string of the molecule is CNC(=O)[C@@H]1CNC[C@H](C(=O)N(C2CC2)[C@H](C)c2nn(CCCNC(=O)OC)c3nc(C)ccc23)O1. The van der Waals surface area contributed by atoms with Gasteiger partial charge < -0.3 is 30.3 Å². The molecular formula is C24H35N7O5. The molecule has 36 heavy (non-hydrogen) atoms. The zero-order valence-corrected chi connectivity index (χ0v) is 21.2. The van der Waals surface area contributed by atoms with E-state index in [2.05, 4.69) is 20.7 Å². The van der Waals surface area contributed by atoms with E-state index in [1.54, 1.807) is 7.05 Å². The molecule has 2 aliphatic rings. The van der Waals surface area contributed by atoms with E-state index in [1.165, 1.54) is 7.11 Å². The quantitative estimate of drug-likeness (QED) is 0.426. The molecule has 0 bridgehead atoms. The van der Waals surface area contributed by atoms with E-state index in [9.17, 15) is 14.4 Å². The average molecular weight is 502 g/mol. The van der Waals surface area contributed by atoms with E-state index in [1.807, 2.05) is 35.6 Å². The number of carbonyl (C=O) groups is 3. The summed E-state index contributed by atoms with van der Waals surface area (Å²) in [6, 6.07) is 3.74. The topological polar surface area (TPSA) is 140 Å². The maximum Gasteiger partial charge on any atom is 0.406 e. The first-order chi connectivity index (χ1) is 17.3. The Balaban J connectivity index is 1.56. The number of likely N-dealkylation sites (N-methyl/N-ethyl adjacent to an activating group) is 1. The summed E-state index contributed by atoms with van der Waals surface area (Å²) in [7, 11) is 2.88. The number of ether oxygens (including phenoxy) is 2. The number of hydrogen-bond donors (Lipinski definition) is 3. The Morgan fingerprint density at radius 1 is 1.28 bits per heavy atom. The molecule has 3 atom stereocenters. The zero-order chi connectivity index (χ0) is 25.8. The van der Waals surface area contributed by atoms with E-state index in [4.69, 9.17) is 14.8 Å². The van der Waals surface area contributed by atoms with Crippen molar-refractivity contribution >= 4 is 28.9 Å². The minimum atomic E-state index is -0.748. The Labute approximate surface area is 210 Å². The number of morpholine rings is 1. The highest BCUT2D eigenvalue weighted by Gasteiger charge is 2.42. The molecule has 1 aliphatic heterocycles. The fourth-order valence-corrected chi connectivity index (χ4v) is 4.57. The number of hydrogen-bond acceptors (Lipinski definition) is 8. The van der Waals surface area contributed by atoms with Crippen LogP contribution in [0.2, 0.25) is 0 Å². The lowest BCUT2D eigenvalue weighted by Gasteiger charge is -2.35. The Hall–Kier alpha value is -3.25.